The number of carbonyl (C=O) groups excluding carboxylic acids is 1. The van der Waals surface area contributed by atoms with E-state index < -0.39 is 0 Å². The Morgan fingerprint density at radius 3 is 2.79 bits per heavy atom. The lowest BCUT2D eigenvalue weighted by atomic mass is 10.1. The van der Waals surface area contributed by atoms with Crippen molar-refractivity contribution in [2.24, 2.45) is 0 Å². The zero-order valence-corrected chi connectivity index (χ0v) is 13.6. The van der Waals surface area contributed by atoms with Gasteiger partial charge in [-0.25, -0.2) is 4.39 Å². The van der Waals surface area contributed by atoms with Crippen LogP contribution in [0.4, 0.5) is 4.39 Å². The number of benzene rings is 2. The smallest absolute Gasteiger partial charge is 0.224 e. The molecule has 0 unspecified atom stereocenters. The van der Waals surface area contributed by atoms with Crippen LogP contribution in [0.1, 0.15) is 23.6 Å². The van der Waals surface area contributed by atoms with Gasteiger partial charge in [-0.2, -0.15) is 0 Å². The zero-order valence-electron chi connectivity index (χ0n) is 13.6. The van der Waals surface area contributed by atoms with Crippen LogP contribution in [0.3, 0.4) is 0 Å². The molecule has 3 aromatic rings. The maximum atomic E-state index is 13.5. The zero-order chi connectivity index (χ0) is 16.9. The second kappa shape index (κ2) is 7.30. The van der Waals surface area contributed by atoms with Gasteiger partial charge < -0.3 is 9.73 Å². The van der Waals surface area contributed by atoms with Gasteiger partial charge in [0.2, 0.25) is 5.91 Å². The van der Waals surface area contributed by atoms with Gasteiger partial charge in [-0.15, -0.1) is 0 Å². The SMILES string of the molecule is CCc1ccc2c(CC(=O)NCCc3ccccc3F)coc2c1. The number of aryl methyl sites for hydroxylation is 1. The highest BCUT2D eigenvalue weighted by Gasteiger charge is 2.11. The Kier molecular flexibility index (Phi) is 4.94. The largest absolute Gasteiger partial charge is 0.464 e. The number of nitrogens with one attached hydrogen (secondary N) is 1. The fourth-order valence-electron chi connectivity index (χ4n) is 2.76. The summed E-state index contributed by atoms with van der Waals surface area (Å²) in [6.07, 6.45) is 3.32. The molecule has 124 valence electrons. The molecule has 1 N–H and O–H groups in total. The maximum absolute atomic E-state index is 13.5. The van der Waals surface area contributed by atoms with Gasteiger partial charge in [0.15, 0.2) is 0 Å². The number of furan rings is 1. The lowest BCUT2D eigenvalue weighted by Crippen LogP contribution is -2.27. The molecule has 1 heterocycles. The predicted molar refractivity (Wildman–Crippen MR) is 92.4 cm³/mol. The van der Waals surface area contributed by atoms with Crippen LogP contribution in [0.2, 0.25) is 0 Å². The van der Waals surface area contributed by atoms with Crippen molar-refractivity contribution in [2.45, 2.75) is 26.2 Å². The van der Waals surface area contributed by atoms with E-state index in [1.165, 1.54) is 11.6 Å². The molecule has 3 rings (SSSR count). The number of hydrogen-bond donors (Lipinski definition) is 1. The van der Waals surface area contributed by atoms with E-state index in [4.69, 9.17) is 4.42 Å². The van der Waals surface area contributed by atoms with Crippen LogP contribution in [0, 0.1) is 5.82 Å². The summed E-state index contributed by atoms with van der Waals surface area (Å²) in [4.78, 5) is 12.1. The fraction of sp³-hybridized carbons (Fsp3) is 0.250. The first-order chi connectivity index (χ1) is 11.7. The molecule has 0 fully saturated rings. The number of hydrogen-bond acceptors (Lipinski definition) is 2. The van der Waals surface area contributed by atoms with Crippen LogP contribution < -0.4 is 5.32 Å². The van der Waals surface area contributed by atoms with E-state index in [1.807, 2.05) is 12.1 Å². The van der Waals surface area contributed by atoms with Crippen molar-refractivity contribution in [1.29, 1.82) is 0 Å². The molecule has 0 aliphatic rings. The third kappa shape index (κ3) is 3.65. The van der Waals surface area contributed by atoms with Crippen molar-refractivity contribution in [2.75, 3.05) is 6.54 Å². The molecular weight excluding hydrogens is 305 g/mol. The van der Waals surface area contributed by atoms with E-state index in [-0.39, 0.29) is 18.1 Å². The maximum Gasteiger partial charge on any atom is 0.224 e. The molecule has 0 saturated carbocycles. The summed E-state index contributed by atoms with van der Waals surface area (Å²) in [6.45, 7) is 2.50. The Balaban J connectivity index is 1.58. The van der Waals surface area contributed by atoms with Gasteiger partial charge in [-0.1, -0.05) is 37.3 Å². The number of fused-ring (bicyclic) bond motifs is 1. The topological polar surface area (TPSA) is 42.2 Å². The lowest BCUT2D eigenvalue weighted by molar-refractivity contribution is -0.120. The average molecular weight is 325 g/mol. The summed E-state index contributed by atoms with van der Waals surface area (Å²) >= 11 is 0. The molecular formula is C20H20FNO2. The molecule has 0 atom stereocenters. The van der Waals surface area contributed by atoms with E-state index in [1.54, 1.807) is 24.5 Å². The molecule has 0 bridgehead atoms. The highest BCUT2D eigenvalue weighted by Crippen LogP contribution is 2.23. The van der Waals surface area contributed by atoms with E-state index >= 15 is 0 Å². The van der Waals surface area contributed by atoms with Crippen LogP contribution in [0.25, 0.3) is 11.0 Å². The van der Waals surface area contributed by atoms with Gasteiger partial charge >= 0.3 is 0 Å². The third-order valence-corrected chi connectivity index (χ3v) is 4.15. The van der Waals surface area contributed by atoms with Crippen molar-refractivity contribution in [3.8, 4) is 0 Å². The first-order valence-corrected chi connectivity index (χ1v) is 8.16. The lowest BCUT2D eigenvalue weighted by Gasteiger charge is -2.06. The monoisotopic (exact) mass is 325 g/mol. The van der Waals surface area contributed by atoms with Gasteiger partial charge in [-0.3, -0.25) is 4.79 Å². The standard InChI is InChI=1S/C20H20FNO2/c1-2-14-7-8-17-16(13-24-19(17)11-14)12-20(23)22-10-9-15-5-3-4-6-18(15)21/h3-8,11,13H,2,9-10,12H2,1H3,(H,22,23). The van der Waals surface area contributed by atoms with Crippen molar-refractivity contribution in [1.82, 2.24) is 5.32 Å². The van der Waals surface area contributed by atoms with E-state index in [0.29, 0.717) is 18.5 Å². The van der Waals surface area contributed by atoms with Gasteiger partial charge in [0.25, 0.3) is 0 Å². The molecule has 0 saturated heterocycles. The fourth-order valence-corrected chi connectivity index (χ4v) is 2.76. The van der Waals surface area contributed by atoms with Gasteiger partial charge in [-0.05, 0) is 36.1 Å². The van der Waals surface area contributed by atoms with Crippen LogP contribution in [0.5, 0.6) is 0 Å². The Bertz CT molecular complexity index is 854. The van der Waals surface area contributed by atoms with E-state index in [9.17, 15) is 9.18 Å². The quantitative estimate of drug-likeness (QED) is 0.743. The second-order valence-electron chi connectivity index (χ2n) is 5.81. The number of halogens is 1. The van der Waals surface area contributed by atoms with Gasteiger partial charge in [0.05, 0.1) is 12.7 Å². The minimum absolute atomic E-state index is 0.0893. The Hall–Kier alpha value is -2.62. The van der Waals surface area contributed by atoms with Gasteiger partial charge in [0.1, 0.15) is 11.4 Å². The molecule has 24 heavy (non-hydrogen) atoms. The van der Waals surface area contributed by atoms with Crippen molar-refractivity contribution >= 4 is 16.9 Å². The Labute approximate surface area is 140 Å². The molecule has 0 aliphatic heterocycles. The minimum Gasteiger partial charge on any atom is -0.464 e. The van der Waals surface area contributed by atoms with Crippen molar-refractivity contribution in [3.05, 3.63) is 71.2 Å². The molecule has 0 radical (unpaired) electrons. The number of carbonyl (C=O) groups is 1. The normalized spacial score (nSPS) is 10.9. The molecule has 0 spiro atoms. The highest BCUT2D eigenvalue weighted by atomic mass is 19.1. The van der Waals surface area contributed by atoms with Crippen LogP contribution in [-0.4, -0.2) is 12.5 Å². The summed E-state index contributed by atoms with van der Waals surface area (Å²) in [5.74, 6) is -0.326. The van der Waals surface area contributed by atoms with Crippen LogP contribution in [0.15, 0.2) is 53.1 Å². The molecule has 2 aromatic carbocycles. The minimum atomic E-state index is -0.237. The average Bonchev–Trinajstić information content (AvgIpc) is 2.98. The third-order valence-electron chi connectivity index (χ3n) is 4.15. The molecule has 4 heteroatoms. The predicted octanol–water partition coefficient (Wildman–Crippen LogP) is 4.04. The van der Waals surface area contributed by atoms with Gasteiger partial charge in [0, 0.05) is 17.5 Å². The van der Waals surface area contributed by atoms with Crippen LogP contribution >= 0.6 is 0 Å². The number of rotatable bonds is 6. The van der Waals surface area contributed by atoms with Crippen molar-refractivity contribution in [3.63, 3.8) is 0 Å². The van der Waals surface area contributed by atoms with E-state index in [2.05, 4.69) is 18.3 Å². The second-order valence-corrected chi connectivity index (χ2v) is 5.81. The summed E-state index contributed by atoms with van der Waals surface area (Å²) in [6, 6.07) is 12.7. The Morgan fingerprint density at radius 1 is 1.17 bits per heavy atom. The van der Waals surface area contributed by atoms with Crippen molar-refractivity contribution < 1.29 is 13.6 Å². The summed E-state index contributed by atoms with van der Waals surface area (Å²) in [5.41, 5.74) is 3.50. The summed E-state index contributed by atoms with van der Waals surface area (Å²) in [5, 5.41) is 3.81. The summed E-state index contributed by atoms with van der Waals surface area (Å²) < 4.78 is 19.1. The van der Waals surface area contributed by atoms with E-state index in [0.717, 1.165) is 23.0 Å². The number of amides is 1. The first-order valence-electron chi connectivity index (χ1n) is 8.16. The highest BCUT2D eigenvalue weighted by molar-refractivity contribution is 5.87. The molecule has 3 nitrogen and oxygen atoms in total. The molecule has 0 aliphatic carbocycles. The molecule has 1 aromatic heterocycles. The summed E-state index contributed by atoms with van der Waals surface area (Å²) in [7, 11) is 0. The first kappa shape index (κ1) is 16.2. The Morgan fingerprint density at radius 2 is 2.00 bits per heavy atom. The molecule has 1 amide bonds. The van der Waals surface area contributed by atoms with Crippen LogP contribution in [-0.2, 0) is 24.1 Å².